The minimum atomic E-state index is -0.00496. The van der Waals surface area contributed by atoms with Crippen LogP contribution in [0.15, 0.2) is 11.6 Å². The van der Waals surface area contributed by atoms with Gasteiger partial charge in [-0.15, -0.1) is 0 Å². The summed E-state index contributed by atoms with van der Waals surface area (Å²) < 4.78 is 0. The Morgan fingerprint density at radius 3 is 2.42 bits per heavy atom. The lowest BCUT2D eigenvalue weighted by molar-refractivity contribution is 0.457. The fourth-order valence-corrected chi connectivity index (χ4v) is 1.05. The first kappa shape index (κ1) is 11.7. The third kappa shape index (κ3) is 5.36. The maximum absolute atomic E-state index is 6.02. The van der Waals surface area contributed by atoms with Crippen molar-refractivity contribution in [2.45, 2.75) is 58.9 Å². The normalized spacial score (nSPS) is 17.6. The lowest BCUT2D eigenvalue weighted by Crippen LogP contribution is -2.34. The molecule has 2 N–H and O–H groups in total. The van der Waals surface area contributed by atoms with Gasteiger partial charge in [0.05, 0.1) is 0 Å². The van der Waals surface area contributed by atoms with Crippen LogP contribution in [0.3, 0.4) is 0 Å². The number of hydrogen-bond acceptors (Lipinski definition) is 1. The zero-order chi connectivity index (χ0) is 9.61. The Bertz CT molecular complexity index is 145. The summed E-state index contributed by atoms with van der Waals surface area (Å²) in [5, 5.41) is 0. The molecule has 72 valence electrons. The highest BCUT2D eigenvalue weighted by molar-refractivity contribution is 5.01. The van der Waals surface area contributed by atoms with Crippen LogP contribution in [0.4, 0.5) is 0 Å². The van der Waals surface area contributed by atoms with Crippen LogP contribution in [0.1, 0.15) is 53.4 Å². The van der Waals surface area contributed by atoms with Gasteiger partial charge in [0.1, 0.15) is 0 Å². The van der Waals surface area contributed by atoms with E-state index in [2.05, 4.69) is 33.8 Å². The summed E-state index contributed by atoms with van der Waals surface area (Å²) in [5.41, 5.74) is 7.49. The van der Waals surface area contributed by atoms with Gasteiger partial charge < -0.3 is 5.73 Å². The summed E-state index contributed by atoms with van der Waals surface area (Å²) in [6.45, 7) is 8.65. The maximum atomic E-state index is 6.02. The van der Waals surface area contributed by atoms with Gasteiger partial charge in [-0.05, 0) is 33.1 Å². The Hall–Kier alpha value is -0.300. The first-order valence-corrected chi connectivity index (χ1v) is 4.96. The molecule has 1 atom stereocenters. The van der Waals surface area contributed by atoms with Gasteiger partial charge in [-0.3, -0.25) is 0 Å². The molecule has 0 aromatic carbocycles. The van der Waals surface area contributed by atoms with Crippen molar-refractivity contribution in [1.29, 1.82) is 0 Å². The lowest BCUT2D eigenvalue weighted by atomic mass is 9.94. The molecule has 0 bridgehead atoms. The molecule has 1 heteroatoms. The van der Waals surface area contributed by atoms with Crippen LogP contribution in [-0.2, 0) is 0 Å². The molecule has 12 heavy (non-hydrogen) atoms. The molecule has 0 aliphatic rings. The summed E-state index contributed by atoms with van der Waals surface area (Å²) in [6, 6.07) is 0. The maximum Gasteiger partial charge on any atom is 0.0158 e. The van der Waals surface area contributed by atoms with Crippen molar-refractivity contribution in [3.63, 3.8) is 0 Å². The molecule has 0 heterocycles. The van der Waals surface area contributed by atoms with Gasteiger partial charge in [-0.1, -0.05) is 31.9 Å². The Labute approximate surface area is 77.0 Å². The van der Waals surface area contributed by atoms with Crippen LogP contribution in [0.2, 0.25) is 0 Å². The Morgan fingerprint density at radius 1 is 1.42 bits per heavy atom. The van der Waals surface area contributed by atoms with Crippen LogP contribution < -0.4 is 5.73 Å². The summed E-state index contributed by atoms with van der Waals surface area (Å²) in [4.78, 5) is 0. The zero-order valence-corrected chi connectivity index (χ0v) is 8.98. The van der Waals surface area contributed by atoms with Crippen LogP contribution >= 0.6 is 0 Å². The monoisotopic (exact) mass is 169 g/mol. The summed E-state index contributed by atoms with van der Waals surface area (Å²) >= 11 is 0. The van der Waals surface area contributed by atoms with Crippen LogP contribution in [0.5, 0.6) is 0 Å². The molecule has 0 aromatic rings. The average Bonchev–Trinajstić information content (AvgIpc) is 2.02. The Balaban J connectivity index is 3.86. The molecule has 0 fully saturated rings. The molecular formula is C11H23N. The standard InChI is InChI=1S/C11H23N/c1-5-7-10(3)8-9-11(4,12)6-2/h8H,5-7,9,12H2,1-4H3. The molecule has 1 unspecified atom stereocenters. The van der Waals surface area contributed by atoms with E-state index < -0.39 is 0 Å². The van der Waals surface area contributed by atoms with Gasteiger partial charge in [0.2, 0.25) is 0 Å². The smallest absolute Gasteiger partial charge is 0.0158 e. The molecule has 1 nitrogen and oxygen atoms in total. The van der Waals surface area contributed by atoms with Gasteiger partial charge in [0.15, 0.2) is 0 Å². The van der Waals surface area contributed by atoms with E-state index in [1.54, 1.807) is 0 Å². The topological polar surface area (TPSA) is 26.0 Å². The van der Waals surface area contributed by atoms with Gasteiger partial charge in [-0.2, -0.15) is 0 Å². The predicted molar refractivity (Wildman–Crippen MR) is 56.2 cm³/mol. The Morgan fingerprint density at radius 2 is 2.00 bits per heavy atom. The summed E-state index contributed by atoms with van der Waals surface area (Å²) in [7, 11) is 0. The van der Waals surface area contributed by atoms with E-state index in [9.17, 15) is 0 Å². The summed E-state index contributed by atoms with van der Waals surface area (Å²) in [6.07, 6.45) is 6.78. The van der Waals surface area contributed by atoms with Gasteiger partial charge >= 0.3 is 0 Å². The number of allylic oxidation sites excluding steroid dienone is 1. The highest BCUT2D eigenvalue weighted by Crippen LogP contribution is 2.14. The van der Waals surface area contributed by atoms with Crippen LogP contribution in [0, 0.1) is 0 Å². The largest absolute Gasteiger partial charge is 0.325 e. The van der Waals surface area contributed by atoms with E-state index in [1.165, 1.54) is 18.4 Å². The lowest BCUT2D eigenvalue weighted by Gasteiger charge is -2.20. The van der Waals surface area contributed by atoms with E-state index in [4.69, 9.17) is 5.73 Å². The third-order valence-corrected chi connectivity index (χ3v) is 2.37. The second-order valence-electron chi connectivity index (χ2n) is 4.01. The first-order chi connectivity index (χ1) is 5.52. The average molecular weight is 169 g/mol. The number of nitrogens with two attached hydrogens (primary N) is 1. The quantitative estimate of drug-likeness (QED) is 0.628. The molecule has 0 amide bonds. The second-order valence-corrected chi connectivity index (χ2v) is 4.01. The molecular weight excluding hydrogens is 146 g/mol. The second kappa shape index (κ2) is 5.36. The zero-order valence-electron chi connectivity index (χ0n) is 8.98. The molecule has 0 spiro atoms. The van der Waals surface area contributed by atoms with Gasteiger partial charge in [0.25, 0.3) is 0 Å². The van der Waals surface area contributed by atoms with Crippen molar-refractivity contribution in [2.75, 3.05) is 0 Å². The van der Waals surface area contributed by atoms with E-state index in [0.29, 0.717) is 0 Å². The minimum absolute atomic E-state index is 0.00496. The molecule has 0 saturated carbocycles. The molecule has 0 aromatic heterocycles. The van der Waals surface area contributed by atoms with Gasteiger partial charge in [-0.25, -0.2) is 0 Å². The summed E-state index contributed by atoms with van der Waals surface area (Å²) in [5.74, 6) is 0. The van der Waals surface area contributed by atoms with Crippen LogP contribution in [0.25, 0.3) is 0 Å². The van der Waals surface area contributed by atoms with Crippen LogP contribution in [-0.4, -0.2) is 5.54 Å². The SMILES string of the molecule is CCCC(C)=CCC(C)(N)CC. The van der Waals surface area contributed by atoms with Crippen molar-refractivity contribution in [1.82, 2.24) is 0 Å². The molecule has 0 rings (SSSR count). The van der Waals surface area contributed by atoms with Crippen molar-refractivity contribution >= 4 is 0 Å². The van der Waals surface area contributed by atoms with Crippen molar-refractivity contribution in [3.8, 4) is 0 Å². The van der Waals surface area contributed by atoms with Crippen molar-refractivity contribution < 1.29 is 0 Å². The van der Waals surface area contributed by atoms with Crippen molar-refractivity contribution in [2.24, 2.45) is 5.73 Å². The fourth-order valence-electron chi connectivity index (χ4n) is 1.05. The molecule has 0 aliphatic heterocycles. The number of hydrogen-bond donors (Lipinski definition) is 1. The van der Waals surface area contributed by atoms with E-state index >= 15 is 0 Å². The highest BCUT2D eigenvalue weighted by Gasteiger charge is 2.12. The number of rotatable bonds is 5. The predicted octanol–water partition coefficient (Wildman–Crippen LogP) is 3.25. The van der Waals surface area contributed by atoms with E-state index in [-0.39, 0.29) is 5.54 Å². The third-order valence-electron chi connectivity index (χ3n) is 2.37. The Kier molecular flexibility index (Phi) is 5.23. The van der Waals surface area contributed by atoms with E-state index in [1.807, 2.05) is 0 Å². The minimum Gasteiger partial charge on any atom is -0.325 e. The molecule has 0 radical (unpaired) electrons. The van der Waals surface area contributed by atoms with E-state index in [0.717, 1.165) is 12.8 Å². The van der Waals surface area contributed by atoms with Gasteiger partial charge in [0, 0.05) is 5.54 Å². The first-order valence-electron chi connectivity index (χ1n) is 4.96. The molecule has 0 saturated heterocycles. The van der Waals surface area contributed by atoms with Crippen molar-refractivity contribution in [3.05, 3.63) is 11.6 Å². The fraction of sp³-hybridized carbons (Fsp3) is 0.818. The highest BCUT2D eigenvalue weighted by atomic mass is 14.7. The molecule has 0 aliphatic carbocycles.